The van der Waals surface area contributed by atoms with Gasteiger partial charge >= 0.3 is 0 Å². The average Bonchev–Trinajstić information content (AvgIpc) is 2.63. The largest absolute Gasteiger partial charge is 0.368 e. The van der Waals surface area contributed by atoms with E-state index in [-0.39, 0.29) is 5.95 Å². The van der Waals surface area contributed by atoms with Gasteiger partial charge in [0.25, 0.3) is 0 Å². The van der Waals surface area contributed by atoms with E-state index in [1.165, 1.54) is 16.7 Å². The van der Waals surface area contributed by atoms with Gasteiger partial charge in [-0.2, -0.15) is 15.0 Å². The fraction of sp³-hybridized carbons (Fsp3) is 0.286. The Morgan fingerprint density at radius 3 is 2.37 bits per heavy atom. The number of nitrogens with zero attached hydrogens (tertiary/aromatic N) is 4. The normalized spacial score (nSPS) is 11.0. The van der Waals surface area contributed by atoms with E-state index in [9.17, 15) is 0 Å². The Bertz CT molecular complexity index is 909. The molecular formula is C21H26N6. The Morgan fingerprint density at radius 1 is 0.926 bits per heavy atom. The van der Waals surface area contributed by atoms with E-state index in [4.69, 9.17) is 5.73 Å². The van der Waals surface area contributed by atoms with Crippen LogP contribution in [0, 0.1) is 6.92 Å². The molecule has 2 aromatic carbocycles. The molecule has 0 spiro atoms. The van der Waals surface area contributed by atoms with Crippen LogP contribution in [0.25, 0.3) is 0 Å². The van der Waals surface area contributed by atoms with Crippen molar-refractivity contribution in [3.8, 4) is 0 Å². The summed E-state index contributed by atoms with van der Waals surface area (Å²) < 4.78 is 0. The van der Waals surface area contributed by atoms with E-state index >= 15 is 0 Å². The molecule has 6 nitrogen and oxygen atoms in total. The van der Waals surface area contributed by atoms with Crippen LogP contribution in [-0.4, -0.2) is 26.9 Å². The topological polar surface area (TPSA) is 80.0 Å². The number of hydrogen-bond donors (Lipinski definition) is 2. The summed E-state index contributed by atoms with van der Waals surface area (Å²) in [6.07, 6.45) is 0.926. The highest BCUT2D eigenvalue weighted by atomic mass is 15.2. The van der Waals surface area contributed by atoms with Crippen LogP contribution < -0.4 is 11.1 Å². The van der Waals surface area contributed by atoms with Crippen molar-refractivity contribution in [2.45, 2.75) is 33.4 Å². The molecule has 0 unspecified atom stereocenters. The number of benzene rings is 2. The Balaban J connectivity index is 1.74. The molecule has 0 amide bonds. The van der Waals surface area contributed by atoms with Gasteiger partial charge in [-0.25, -0.2) is 0 Å². The lowest BCUT2D eigenvalue weighted by molar-refractivity contribution is 0.310. The highest BCUT2D eigenvalue weighted by Gasteiger charge is 2.10. The monoisotopic (exact) mass is 362 g/mol. The average molecular weight is 362 g/mol. The summed E-state index contributed by atoms with van der Waals surface area (Å²) in [6, 6.07) is 16.5. The van der Waals surface area contributed by atoms with Gasteiger partial charge in [-0.15, -0.1) is 0 Å². The van der Waals surface area contributed by atoms with Crippen molar-refractivity contribution < 1.29 is 0 Å². The minimum absolute atomic E-state index is 0.223. The molecule has 140 valence electrons. The lowest BCUT2D eigenvalue weighted by Crippen LogP contribution is -2.20. The third-order valence-corrected chi connectivity index (χ3v) is 4.46. The minimum atomic E-state index is 0.223. The van der Waals surface area contributed by atoms with Crippen LogP contribution in [-0.2, 0) is 19.5 Å². The number of hydrogen-bond acceptors (Lipinski definition) is 6. The molecule has 27 heavy (non-hydrogen) atoms. The van der Waals surface area contributed by atoms with Crippen LogP contribution in [0.2, 0.25) is 0 Å². The number of nitrogens with two attached hydrogens (primary N) is 1. The molecule has 0 fully saturated rings. The van der Waals surface area contributed by atoms with E-state index in [0.29, 0.717) is 18.3 Å². The maximum absolute atomic E-state index is 5.92. The zero-order valence-electron chi connectivity index (χ0n) is 16.1. The Labute approximate surface area is 160 Å². The van der Waals surface area contributed by atoms with E-state index in [0.717, 1.165) is 18.7 Å². The molecule has 3 rings (SSSR count). The van der Waals surface area contributed by atoms with Crippen LogP contribution in [0.1, 0.15) is 29.4 Å². The fourth-order valence-corrected chi connectivity index (χ4v) is 3.01. The molecule has 0 aliphatic rings. The third kappa shape index (κ3) is 5.01. The number of nitrogens with one attached hydrogen (secondary N) is 1. The van der Waals surface area contributed by atoms with Crippen LogP contribution in [0.5, 0.6) is 0 Å². The summed E-state index contributed by atoms with van der Waals surface area (Å²) in [7, 11) is 2.05. The molecule has 1 aromatic heterocycles. The van der Waals surface area contributed by atoms with Gasteiger partial charge < -0.3 is 11.1 Å². The summed E-state index contributed by atoms with van der Waals surface area (Å²) in [5.41, 5.74) is 10.7. The van der Waals surface area contributed by atoms with Crippen molar-refractivity contribution in [2.75, 3.05) is 18.1 Å². The molecule has 0 aliphatic carbocycles. The zero-order chi connectivity index (χ0) is 19.2. The Morgan fingerprint density at radius 2 is 1.63 bits per heavy atom. The summed E-state index contributed by atoms with van der Waals surface area (Å²) in [5, 5.41) is 3.28. The van der Waals surface area contributed by atoms with E-state index in [1.807, 2.05) is 25.2 Å². The maximum Gasteiger partial charge on any atom is 0.232 e. The molecule has 0 radical (unpaired) electrons. The smallest absolute Gasteiger partial charge is 0.232 e. The Hall–Kier alpha value is -2.99. The van der Waals surface area contributed by atoms with Crippen molar-refractivity contribution in [1.82, 2.24) is 19.9 Å². The molecule has 0 bridgehead atoms. The predicted octanol–water partition coefficient (Wildman–Crippen LogP) is 3.70. The molecule has 0 saturated heterocycles. The number of rotatable bonds is 7. The fourth-order valence-electron chi connectivity index (χ4n) is 3.01. The highest BCUT2D eigenvalue weighted by molar-refractivity contribution is 5.58. The van der Waals surface area contributed by atoms with Crippen molar-refractivity contribution >= 4 is 17.6 Å². The van der Waals surface area contributed by atoms with Crippen molar-refractivity contribution in [2.24, 2.45) is 0 Å². The number of nitrogen functional groups attached to an aromatic ring is 1. The lowest BCUT2D eigenvalue weighted by atomic mass is 10.1. The SMILES string of the molecule is CCc1ccccc1Nc1nc(N)nc(CN(C)Cc2ccccc2C)n1. The molecule has 3 N–H and O–H groups in total. The molecule has 1 heterocycles. The van der Waals surface area contributed by atoms with Gasteiger partial charge in [-0.05, 0) is 43.1 Å². The van der Waals surface area contributed by atoms with E-state index < -0.39 is 0 Å². The van der Waals surface area contributed by atoms with Crippen LogP contribution in [0.3, 0.4) is 0 Å². The summed E-state index contributed by atoms with van der Waals surface area (Å²) >= 11 is 0. The molecule has 6 heteroatoms. The number of aromatic nitrogens is 3. The van der Waals surface area contributed by atoms with Gasteiger partial charge in [0.15, 0.2) is 0 Å². The first-order valence-electron chi connectivity index (χ1n) is 9.13. The van der Waals surface area contributed by atoms with Crippen molar-refractivity contribution in [3.05, 3.63) is 71.0 Å². The second-order valence-electron chi connectivity index (χ2n) is 6.67. The van der Waals surface area contributed by atoms with Gasteiger partial charge in [0.2, 0.25) is 11.9 Å². The standard InChI is InChI=1S/C21H26N6/c1-4-16-10-7-8-12-18(16)23-21-25-19(24-20(22)26-21)14-27(3)13-17-11-6-5-9-15(17)2/h5-12H,4,13-14H2,1-3H3,(H3,22,23,24,25,26). The zero-order valence-corrected chi connectivity index (χ0v) is 16.1. The quantitative estimate of drug-likeness (QED) is 0.667. The molecule has 3 aromatic rings. The minimum Gasteiger partial charge on any atom is -0.368 e. The molecule has 0 saturated carbocycles. The second kappa shape index (κ2) is 8.60. The van der Waals surface area contributed by atoms with Crippen LogP contribution in [0.15, 0.2) is 48.5 Å². The predicted molar refractivity (Wildman–Crippen MR) is 110 cm³/mol. The van der Waals surface area contributed by atoms with E-state index in [2.05, 4.69) is 69.3 Å². The van der Waals surface area contributed by atoms with Gasteiger partial charge in [-0.3, -0.25) is 4.90 Å². The van der Waals surface area contributed by atoms with Crippen LogP contribution in [0.4, 0.5) is 17.6 Å². The second-order valence-corrected chi connectivity index (χ2v) is 6.67. The summed E-state index contributed by atoms with van der Waals surface area (Å²) in [4.78, 5) is 15.3. The van der Waals surface area contributed by atoms with Crippen molar-refractivity contribution in [3.63, 3.8) is 0 Å². The first kappa shape index (κ1) is 18.8. The third-order valence-electron chi connectivity index (χ3n) is 4.46. The highest BCUT2D eigenvalue weighted by Crippen LogP contribution is 2.19. The number of aryl methyl sites for hydroxylation is 2. The first-order valence-corrected chi connectivity index (χ1v) is 9.13. The molecule has 0 aliphatic heterocycles. The molecular weight excluding hydrogens is 336 g/mol. The van der Waals surface area contributed by atoms with Crippen LogP contribution >= 0.6 is 0 Å². The molecule has 0 atom stereocenters. The number of anilines is 3. The summed E-state index contributed by atoms with van der Waals surface area (Å²) in [6.45, 7) is 5.65. The maximum atomic E-state index is 5.92. The Kier molecular flexibility index (Phi) is 5.98. The first-order chi connectivity index (χ1) is 13.0. The van der Waals surface area contributed by atoms with Crippen molar-refractivity contribution in [1.29, 1.82) is 0 Å². The van der Waals surface area contributed by atoms with Gasteiger partial charge in [0.05, 0.1) is 6.54 Å². The van der Waals surface area contributed by atoms with Gasteiger partial charge in [0, 0.05) is 12.2 Å². The number of para-hydroxylation sites is 1. The lowest BCUT2D eigenvalue weighted by Gasteiger charge is -2.17. The summed E-state index contributed by atoms with van der Waals surface area (Å²) in [5.74, 6) is 1.35. The van der Waals surface area contributed by atoms with E-state index in [1.54, 1.807) is 0 Å². The van der Waals surface area contributed by atoms with Gasteiger partial charge in [0.1, 0.15) is 5.82 Å². The van der Waals surface area contributed by atoms with Gasteiger partial charge in [-0.1, -0.05) is 49.4 Å².